The molecule has 0 saturated carbocycles. The van der Waals surface area contributed by atoms with Crippen molar-refractivity contribution in [2.75, 3.05) is 11.9 Å². The average molecular weight is 334 g/mol. The number of halogens is 1. The SMILES string of the molecule is CCOc1cc(Cl)ccc1C(=O)Nc1cccc(OC(C)=O)c1. The summed E-state index contributed by atoms with van der Waals surface area (Å²) in [6.07, 6.45) is 0. The van der Waals surface area contributed by atoms with Crippen molar-refractivity contribution >= 4 is 29.2 Å². The number of rotatable bonds is 5. The van der Waals surface area contributed by atoms with Gasteiger partial charge in [0, 0.05) is 23.7 Å². The molecular formula is C17H16ClNO4. The molecule has 1 amide bonds. The van der Waals surface area contributed by atoms with Gasteiger partial charge in [-0.2, -0.15) is 0 Å². The van der Waals surface area contributed by atoms with Crippen molar-refractivity contribution < 1.29 is 19.1 Å². The molecule has 0 fully saturated rings. The zero-order chi connectivity index (χ0) is 16.8. The lowest BCUT2D eigenvalue weighted by Crippen LogP contribution is -2.14. The summed E-state index contributed by atoms with van der Waals surface area (Å²) in [5, 5.41) is 3.22. The van der Waals surface area contributed by atoms with Crippen LogP contribution in [0.4, 0.5) is 5.69 Å². The lowest BCUT2D eigenvalue weighted by Gasteiger charge is -2.11. The lowest BCUT2D eigenvalue weighted by atomic mass is 10.1. The molecule has 2 rings (SSSR count). The summed E-state index contributed by atoms with van der Waals surface area (Å²) >= 11 is 5.93. The van der Waals surface area contributed by atoms with Crippen molar-refractivity contribution in [1.29, 1.82) is 0 Å². The molecule has 0 saturated heterocycles. The highest BCUT2D eigenvalue weighted by atomic mass is 35.5. The minimum absolute atomic E-state index is 0.343. The molecule has 5 nitrogen and oxygen atoms in total. The Morgan fingerprint density at radius 2 is 1.96 bits per heavy atom. The summed E-state index contributed by atoms with van der Waals surface area (Å²) in [4.78, 5) is 23.4. The fourth-order valence-corrected chi connectivity index (χ4v) is 2.12. The van der Waals surface area contributed by atoms with Crippen LogP contribution in [-0.4, -0.2) is 18.5 Å². The third-order valence-electron chi connectivity index (χ3n) is 2.84. The van der Waals surface area contributed by atoms with Crippen LogP contribution in [0.25, 0.3) is 0 Å². The smallest absolute Gasteiger partial charge is 0.308 e. The quantitative estimate of drug-likeness (QED) is 0.665. The molecule has 6 heteroatoms. The first-order valence-corrected chi connectivity index (χ1v) is 7.39. The van der Waals surface area contributed by atoms with Crippen LogP contribution in [0.1, 0.15) is 24.2 Å². The molecule has 120 valence electrons. The Hall–Kier alpha value is -2.53. The molecule has 0 aliphatic heterocycles. The molecular weight excluding hydrogens is 318 g/mol. The standard InChI is InChI=1S/C17H16ClNO4/c1-3-22-16-9-12(18)7-8-15(16)17(21)19-13-5-4-6-14(10-13)23-11(2)20/h4-10H,3H2,1-2H3,(H,19,21). The number of esters is 1. The van der Waals surface area contributed by atoms with Gasteiger partial charge in [0.1, 0.15) is 11.5 Å². The van der Waals surface area contributed by atoms with E-state index >= 15 is 0 Å². The summed E-state index contributed by atoms with van der Waals surface area (Å²) in [6, 6.07) is 11.4. The lowest BCUT2D eigenvalue weighted by molar-refractivity contribution is -0.131. The van der Waals surface area contributed by atoms with Gasteiger partial charge in [0.2, 0.25) is 0 Å². The van der Waals surface area contributed by atoms with E-state index in [2.05, 4.69) is 5.32 Å². The molecule has 2 aromatic carbocycles. The van der Waals surface area contributed by atoms with Gasteiger partial charge in [-0.3, -0.25) is 9.59 Å². The van der Waals surface area contributed by atoms with Crippen molar-refractivity contribution in [3.05, 3.63) is 53.1 Å². The van der Waals surface area contributed by atoms with Crippen LogP contribution in [0, 0.1) is 0 Å². The van der Waals surface area contributed by atoms with Crippen molar-refractivity contribution in [3.8, 4) is 11.5 Å². The second-order valence-electron chi connectivity index (χ2n) is 4.65. The Morgan fingerprint density at radius 1 is 1.17 bits per heavy atom. The molecule has 0 aliphatic carbocycles. The van der Waals surface area contributed by atoms with Crippen LogP contribution in [0.15, 0.2) is 42.5 Å². The fraction of sp³-hybridized carbons (Fsp3) is 0.176. The number of carbonyl (C=O) groups is 2. The van der Waals surface area contributed by atoms with E-state index < -0.39 is 5.97 Å². The predicted molar refractivity (Wildman–Crippen MR) is 88.3 cm³/mol. The fourth-order valence-electron chi connectivity index (χ4n) is 1.96. The van der Waals surface area contributed by atoms with Gasteiger partial charge in [-0.25, -0.2) is 0 Å². The molecule has 0 atom stereocenters. The second-order valence-corrected chi connectivity index (χ2v) is 5.09. The summed E-state index contributed by atoms with van der Waals surface area (Å²) in [7, 11) is 0. The number of benzene rings is 2. The van der Waals surface area contributed by atoms with E-state index in [1.165, 1.54) is 6.92 Å². The first-order valence-electron chi connectivity index (χ1n) is 7.01. The molecule has 2 aromatic rings. The number of hydrogen-bond acceptors (Lipinski definition) is 4. The van der Waals surface area contributed by atoms with Crippen molar-refractivity contribution in [1.82, 2.24) is 0 Å². The predicted octanol–water partition coefficient (Wildman–Crippen LogP) is 3.92. The topological polar surface area (TPSA) is 64.6 Å². The summed E-state index contributed by atoms with van der Waals surface area (Å²) in [5.74, 6) is -0.0000187. The van der Waals surface area contributed by atoms with Crippen molar-refractivity contribution in [3.63, 3.8) is 0 Å². The minimum Gasteiger partial charge on any atom is -0.493 e. The maximum atomic E-state index is 12.4. The summed E-state index contributed by atoms with van der Waals surface area (Å²) < 4.78 is 10.4. The van der Waals surface area contributed by atoms with Crippen LogP contribution >= 0.6 is 11.6 Å². The first kappa shape index (κ1) is 16.8. The van der Waals surface area contributed by atoms with Crippen molar-refractivity contribution in [2.24, 2.45) is 0 Å². The summed E-state index contributed by atoms with van der Waals surface area (Å²) in [6.45, 7) is 3.56. The highest BCUT2D eigenvalue weighted by Crippen LogP contribution is 2.25. The Bertz CT molecular complexity index is 730. The highest BCUT2D eigenvalue weighted by molar-refractivity contribution is 6.31. The van der Waals surface area contributed by atoms with Gasteiger partial charge >= 0.3 is 5.97 Å². The maximum absolute atomic E-state index is 12.4. The van der Waals surface area contributed by atoms with E-state index in [0.717, 1.165) is 0 Å². The van der Waals surface area contributed by atoms with E-state index in [1.54, 1.807) is 42.5 Å². The van der Waals surface area contributed by atoms with Crippen molar-refractivity contribution in [2.45, 2.75) is 13.8 Å². The third kappa shape index (κ3) is 4.72. The minimum atomic E-state index is -0.426. The molecule has 0 aromatic heterocycles. The van der Waals surface area contributed by atoms with Gasteiger partial charge in [-0.05, 0) is 37.3 Å². The van der Waals surface area contributed by atoms with Gasteiger partial charge in [0.05, 0.1) is 12.2 Å². The van der Waals surface area contributed by atoms with E-state index in [4.69, 9.17) is 21.1 Å². The number of amides is 1. The number of hydrogen-bond donors (Lipinski definition) is 1. The maximum Gasteiger partial charge on any atom is 0.308 e. The monoisotopic (exact) mass is 333 g/mol. The van der Waals surface area contributed by atoms with Gasteiger partial charge < -0.3 is 14.8 Å². The number of carbonyl (C=O) groups excluding carboxylic acids is 2. The second kappa shape index (κ2) is 7.65. The van der Waals surface area contributed by atoms with E-state index in [1.807, 2.05) is 6.92 Å². The van der Waals surface area contributed by atoms with Gasteiger partial charge in [-0.1, -0.05) is 17.7 Å². The zero-order valence-corrected chi connectivity index (χ0v) is 13.5. The normalized spacial score (nSPS) is 10.0. The number of anilines is 1. The van der Waals surface area contributed by atoms with Crippen LogP contribution in [0.2, 0.25) is 5.02 Å². The molecule has 23 heavy (non-hydrogen) atoms. The number of ether oxygens (including phenoxy) is 2. The molecule has 0 radical (unpaired) electrons. The zero-order valence-electron chi connectivity index (χ0n) is 12.8. The van der Waals surface area contributed by atoms with Gasteiger partial charge in [0.25, 0.3) is 5.91 Å². The molecule has 0 heterocycles. The Morgan fingerprint density at radius 3 is 2.65 bits per heavy atom. The third-order valence-corrected chi connectivity index (χ3v) is 3.08. The van der Waals surface area contributed by atoms with E-state index in [-0.39, 0.29) is 5.91 Å². The van der Waals surface area contributed by atoms with E-state index in [9.17, 15) is 9.59 Å². The molecule has 1 N–H and O–H groups in total. The largest absolute Gasteiger partial charge is 0.493 e. The molecule has 0 aliphatic rings. The van der Waals surface area contributed by atoms with Crippen LogP contribution in [0.3, 0.4) is 0 Å². The Kier molecular flexibility index (Phi) is 5.60. The summed E-state index contributed by atoms with van der Waals surface area (Å²) in [5.41, 5.74) is 0.875. The van der Waals surface area contributed by atoms with Crippen LogP contribution < -0.4 is 14.8 Å². The number of nitrogens with one attached hydrogen (secondary N) is 1. The Labute approximate surface area is 139 Å². The van der Waals surface area contributed by atoms with Crippen LogP contribution in [-0.2, 0) is 4.79 Å². The molecule has 0 bridgehead atoms. The Balaban J connectivity index is 2.20. The average Bonchev–Trinajstić information content (AvgIpc) is 2.47. The van der Waals surface area contributed by atoms with Gasteiger partial charge in [-0.15, -0.1) is 0 Å². The van der Waals surface area contributed by atoms with E-state index in [0.29, 0.717) is 34.4 Å². The molecule has 0 unspecified atom stereocenters. The first-order chi connectivity index (χ1) is 11.0. The molecule has 0 spiro atoms. The van der Waals surface area contributed by atoms with Gasteiger partial charge in [0.15, 0.2) is 0 Å². The highest BCUT2D eigenvalue weighted by Gasteiger charge is 2.14. The van der Waals surface area contributed by atoms with Crippen LogP contribution in [0.5, 0.6) is 11.5 Å².